The molecule has 0 bridgehead atoms. The number of hydrogen-bond donors (Lipinski definition) is 2. The number of rotatable bonds is 10. The Morgan fingerprint density at radius 3 is 2.44 bits per heavy atom. The van der Waals surface area contributed by atoms with Gasteiger partial charge in [0.15, 0.2) is 11.5 Å². The summed E-state index contributed by atoms with van der Waals surface area (Å²) in [6.07, 6.45) is 1.60. The summed E-state index contributed by atoms with van der Waals surface area (Å²) >= 11 is 0. The minimum Gasteiger partial charge on any atom is -0.491 e. The van der Waals surface area contributed by atoms with E-state index in [2.05, 4.69) is 20.3 Å². The van der Waals surface area contributed by atoms with Crippen LogP contribution in [0.1, 0.15) is 28.7 Å². The van der Waals surface area contributed by atoms with Crippen molar-refractivity contribution in [3.8, 4) is 34.3 Å². The highest BCUT2D eigenvalue weighted by atomic mass is 19.1. The van der Waals surface area contributed by atoms with Gasteiger partial charge in [0.1, 0.15) is 22.6 Å². The molecule has 1 amide bonds. The van der Waals surface area contributed by atoms with E-state index in [1.165, 1.54) is 38.5 Å². The van der Waals surface area contributed by atoms with Crippen LogP contribution < -0.4 is 25.0 Å². The number of carbonyl (C=O) groups excluding carboxylic acids is 1. The van der Waals surface area contributed by atoms with Crippen LogP contribution in [0.25, 0.3) is 22.2 Å². The number of hydrogen-bond acceptors (Lipinski definition) is 8. The molecule has 5 rings (SSSR count). The molecule has 0 atom stereocenters. The van der Waals surface area contributed by atoms with Crippen molar-refractivity contribution < 1.29 is 28.1 Å². The number of methoxy groups -OCH3 is 2. The van der Waals surface area contributed by atoms with Crippen LogP contribution in [0.3, 0.4) is 0 Å². The molecule has 10 nitrogen and oxygen atoms in total. The van der Waals surface area contributed by atoms with Crippen LogP contribution in [0.4, 0.5) is 10.1 Å². The molecule has 5 aromatic rings. The van der Waals surface area contributed by atoms with Crippen molar-refractivity contribution in [1.29, 1.82) is 0 Å². The number of nitrogens with zero attached hydrogens (tertiary/aromatic N) is 2. The average Bonchev–Trinajstić information content (AvgIpc) is 2.99. The van der Waals surface area contributed by atoms with Gasteiger partial charge < -0.3 is 29.2 Å². The summed E-state index contributed by atoms with van der Waals surface area (Å²) in [6.45, 7) is 3.99. The average molecular weight is 585 g/mol. The number of ether oxygens (including phenoxy) is 4. The molecule has 43 heavy (non-hydrogen) atoms. The van der Waals surface area contributed by atoms with Crippen molar-refractivity contribution in [2.75, 3.05) is 26.1 Å². The molecule has 11 heteroatoms. The van der Waals surface area contributed by atoms with E-state index in [4.69, 9.17) is 18.9 Å². The second-order valence-electron chi connectivity index (χ2n) is 9.43. The molecule has 0 aliphatic rings. The molecule has 0 spiro atoms. The molecular formula is C32H29FN4O6. The van der Waals surface area contributed by atoms with Crippen molar-refractivity contribution in [2.45, 2.75) is 20.5 Å². The molecule has 220 valence electrons. The molecule has 0 aliphatic heterocycles. The minimum absolute atomic E-state index is 0.0140. The maximum absolute atomic E-state index is 13.6. The molecule has 0 radical (unpaired) electrons. The van der Waals surface area contributed by atoms with Crippen LogP contribution in [0.15, 0.2) is 71.7 Å². The van der Waals surface area contributed by atoms with Crippen molar-refractivity contribution >= 4 is 22.6 Å². The van der Waals surface area contributed by atoms with Gasteiger partial charge in [-0.05, 0) is 55.8 Å². The Labute approximate surface area is 246 Å². The normalized spacial score (nSPS) is 10.9. The number of anilines is 1. The van der Waals surface area contributed by atoms with Gasteiger partial charge in [-0.25, -0.2) is 9.37 Å². The Bertz CT molecular complexity index is 1840. The largest absolute Gasteiger partial charge is 0.491 e. The first-order valence-corrected chi connectivity index (χ1v) is 13.4. The molecule has 0 aliphatic carbocycles. The van der Waals surface area contributed by atoms with E-state index in [0.717, 1.165) is 0 Å². The minimum atomic E-state index is -0.618. The molecule has 0 saturated carbocycles. The van der Waals surface area contributed by atoms with E-state index >= 15 is 0 Å². The summed E-state index contributed by atoms with van der Waals surface area (Å²) in [5, 5.41) is 2.78. The Morgan fingerprint density at radius 1 is 1.02 bits per heavy atom. The third-order valence-corrected chi connectivity index (χ3v) is 6.57. The third kappa shape index (κ3) is 6.16. The number of H-pyrrole nitrogens is 1. The second-order valence-corrected chi connectivity index (χ2v) is 9.43. The predicted molar refractivity (Wildman–Crippen MR) is 160 cm³/mol. The van der Waals surface area contributed by atoms with Gasteiger partial charge in [-0.15, -0.1) is 0 Å². The Balaban J connectivity index is 1.41. The van der Waals surface area contributed by atoms with Gasteiger partial charge in [0.05, 0.1) is 31.5 Å². The highest BCUT2D eigenvalue weighted by Crippen LogP contribution is 2.34. The summed E-state index contributed by atoms with van der Waals surface area (Å²) in [6, 6.07) is 15.6. The molecular weight excluding hydrogens is 555 g/mol. The summed E-state index contributed by atoms with van der Waals surface area (Å²) in [4.78, 5) is 39.0. The van der Waals surface area contributed by atoms with Gasteiger partial charge in [0.25, 0.3) is 11.8 Å². The maximum atomic E-state index is 13.6. The number of fused-ring (bicyclic) bond motifs is 1. The summed E-state index contributed by atoms with van der Waals surface area (Å²) in [5.41, 5.74) is 2.53. The quantitative estimate of drug-likeness (QED) is 0.204. The molecule has 0 saturated heterocycles. The molecule has 3 aromatic heterocycles. The highest BCUT2D eigenvalue weighted by molar-refractivity contribution is 6.05. The smallest absolute Gasteiger partial charge is 0.261 e. The lowest BCUT2D eigenvalue weighted by Crippen LogP contribution is -2.27. The topological polar surface area (TPSA) is 125 Å². The van der Waals surface area contributed by atoms with Crippen LogP contribution in [0.2, 0.25) is 0 Å². The van der Waals surface area contributed by atoms with E-state index in [9.17, 15) is 14.0 Å². The Kier molecular flexibility index (Phi) is 8.63. The zero-order valence-electron chi connectivity index (χ0n) is 24.0. The fraction of sp³-hybridized carbons (Fsp3) is 0.188. The lowest BCUT2D eigenvalue weighted by atomic mass is 9.99. The van der Waals surface area contributed by atoms with Crippen molar-refractivity contribution in [3.63, 3.8) is 0 Å². The third-order valence-electron chi connectivity index (χ3n) is 6.57. The molecule has 0 fully saturated rings. The molecule has 2 aromatic carbocycles. The zero-order chi connectivity index (χ0) is 30.5. The monoisotopic (exact) mass is 584 g/mol. The number of amides is 1. The zero-order valence-corrected chi connectivity index (χ0v) is 24.0. The van der Waals surface area contributed by atoms with E-state index in [0.29, 0.717) is 63.4 Å². The van der Waals surface area contributed by atoms with Gasteiger partial charge >= 0.3 is 0 Å². The van der Waals surface area contributed by atoms with Crippen LogP contribution in [-0.4, -0.2) is 41.7 Å². The van der Waals surface area contributed by atoms with Gasteiger partial charge in [-0.3, -0.25) is 14.6 Å². The molecule has 0 unspecified atom stereocenters. The molecule has 2 N–H and O–H groups in total. The van der Waals surface area contributed by atoms with E-state index in [-0.39, 0.29) is 17.7 Å². The number of carbonyl (C=O) groups is 1. The van der Waals surface area contributed by atoms with E-state index in [1.807, 2.05) is 6.92 Å². The summed E-state index contributed by atoms with van der Waals surface area (Å²) in [5.74, 6) is 0.678. The highest BCUT2D eigenvalue weighted by Gasteiger charge is 2.22. The Morgan fingerprint density at radius 2 is 1.77 bits per heavy atom. The van der Waals surface area contributed by atoms with Gasteiger partial charge in [-0.1, -0.05) is 12.1 Å². The Hall–Kier alpha value is -5.29. The fourth-order valence-corrected chi connectivity index (χ4v) is 4.65. The lowest BCUT2D eigenvalue weighted by Gasteiger charge is -2.15. The van der Waals surface area contributed by atoms with Crippen LogP contribution in [0.5, 0.6) is 23.1 Å². The molecule has 3 heterocycles. The number of aryl methyl sites for hydroxylation is 1. The van der Waals surface area contributed by atoms with Gasteiger partial charge in [-0.2, -0.15) is 0 Å². The number of nitrogens with one attached hydrogen (secondary N) is 2. The van der Waals surface area contributed by atoms with E-state index < -0.39 is 17.2 Å². The van der Waals surface area contributed by atoms with E-state index in [1.54, 1.807) is 49.5 Å². The summed E-state index contributed by atoms with van der Waals surface area (Å²) in [7, 11) is 3.00. The van der Waals surface area contributed by atoms with Crippen molar-refractivity contribution in [1.82, 2.24) is 15.0 Å². The van der Waals surface area contributed by atoms with Crippen LogP contribution in [-0.2, 0) is 11.3 Å². The number of aromatic nitrogens is 3. The SMILES string of the molecule is CCOc1nc2c(Oc3ccc(NC(=O)c4c(COC)[nH]c(C)c(-c5ccc(F)cc5)c4=O)cc3)ccnc2cc1OC. The number of aromatic amines is 1. The standard InChI is InChI=1S/C32H29FN4O6/c1-5-42-32-26(41-4)16-23-29(37-32)25(14-15-34-23)43-22-12-10-21(11-13-22)36-31(39)28-24(17-40-3)35-18(2)27(30(28)38)19-6-8-20(33)9-7-19/h6-16H,5,17H2,1-4H3,(H,35,38)(H,36,39). The van der Waals surface area contributed by atoms with Crippen molar-refractivity contribution in [2.24, 2.45) is 0 Å². The fourth-order valence-electron chi connectivity index (χ4n) is 4.65. The summed E-state index contributed by atoms with van der Waals surface area (Å²) < 4.78 is 35.8. The first-order valence-electron chi connectivity index (χ1n) is 13.4. The van der Waals surface area contributed by atoms with Gasteiger partial charge in [0.2, 0.25) is 5.43 Å². The van der Waals surface area contributed by atoms with Gasteiger partial charge in [0, 0.05) is 42.4 Å². The number of pyridine rings is 3. The van der Waals surface area contributed by atoms with Crippen LogP contribution in [0, 0.1) is 12.7 Å². The lowest BCUT2D eigenvalue weighted by molar-refractivity contribution is 0.101. The first kappa shape index (κ1) is 29.2. The second kappa shape index (κ2) is 12.7. The predicted octanol–water partition coefficient (Wildman–Crippen LogP) is 6.03. The maximum Gasteiger partial charge on any atom is 0.261 e. The van der Waals surface area contributed by atoms with Crippen molar-refractivity contribution in [3.05, 3.63) is 99.9 Å². The number of benzene rings is 2. The first-order chi connectivity index (χ1) is 20.8. The number of halogens is 1. The van der Waals surface area contributed by atoms with Crippen LogP contribution >= 0.6 is 0 Å².